The van der Waals surface area contributed by atoms with Crippen LogP contribution in [0.25, 0.3) is 0 Å². The Labute approximate surface area is 89.0 Å². The summed E-state index contributed by atoms with van der Waals surface area (Å²) in [7, 11) is 0. The van der Waals surface area contributed by atoms with Crippen LogP contribution in [0.15, 0.2) is 0 Å². The summed E-state index contributed by atoms with van der Waals surface area (Å²) in [5, 5.41) is 17.2. The van der Waals surface area contributed by atoms with Crippen LogP contribution in [-0.4, -0.2) is 34.9 Å². The molecule has 0 rings (SSSR count). The summed E-state index contributed by atoms with van der Waals surface area (Å²) in [5.41, 5.74) is 0. The number of carboxylic acids is 2. The fraction of sp³-hybridized carbons (Fsp3) is 0.800. The van der Waals surface area contributed by atoms with Crippen molar-refractivity contribution in [3.63, 3.8) is 0 Å². The molecule has 0 aromatic rings. The minimum atomic E-state index is -1.46. The molecule has 0 aromatic carbocycles. The first kappa shape index (κ1) is 13.9. The fourth-order valence-corrected chi connectivity index (χ4v) is 1.21. The van der Waals surface area contributed by atoms with E-state index < -0.39 is 17.9 Å². The number of hydrogen-bond acceptors (Lipinski definition) is 3. The van der Waals surface area contributed by atoms with Crippen LogP contribution >= 0.6 is 0 Å². The van der Waals surface area contributed by atoms with Crippen LogP contribution < -0.4 is 0 Å². The molecule has 88 valence electrons. The first-order chi connectivity index (χ1) is 7.02. The quantitative estimate of drug-likeness (QED) is 0.601. The number of hydrogen-bond donors (Lipinski definition) is 2. The topological polar surface area (TPSA) is 83.8 Å². The Hall–Kier alpha value is -1.10. The van der Waals surface area contributed by atoms with Gasteiger partial charge in [-0.15, -0.1) is 0 Å². The molecule has 15 heavy (non-hydrogen) atoms. The van der Waals surface area contributed by atoms with Crippen LogP contribution in [0.4, 0.5) is 0 Å². The summed E-state index contributed by atoms with van der Waals surface area (Å²) in [4.78, 5) is 21.1. The molecular weight excluding hydrogens is 200 g/mol. The van der Waals surface area contributed by atoms with E-state index in [2.05, 4.69) is 0 Å². The lowest BCUT2D eigenvalue weighted by Gasteiger charge is -2.16. The molecule has 0 amide bonds. The molecule has 0 radical (unpaired) electrons. The lowest BCUT2D eigenvalue weighted by Crippen LogP contribution is -2.30. The van der Waals surface area contributed by atoms with E-state index in [4.69, 9.17) is 14.9 Å². The maximum Gasteiger partial charge on any atom is 0.320 e. The van der Waals surface area contributed by atoms with Crippen molar-refractivity contribution in [2.75, 3.05) is 6.61 Å². The lowest BCUT2D eigenvalue weighted by atomic mass is 10.1. The van der Waals surface area contributed by atoms with E-state index in [-0.39, 0.29) is 12.7 Å². The molecule has 5 nitrogen and oxygen atoms in total. The fourth-order valence-electron chi connectivity index (χ4n) is 1.21. The van der Waals surface area contributed by atoms with Crippen LogP contribution in [0, 0.1) is 5.92 Å². The van der Waals surface area contributed by atoms with Crippen molar-refractivity contribution in [1.29, 1.82) is 0 Å². The van der Waals surface area contributed by atoms with Crippen LogP contribution in [-0.2, 0) is 14.3 Å². The zero-order chi connectivity index (χ0) is 11.8. The first-order valence-corrected chi connectivity index (χ1v) is 5.10. The number of carboxylic acid groups (broad SMARTS) is 2. The Kier molecular flexibility index (Phi) is 6.70. The van der Waals surface area contributed by atoms with Gasteiger partial charge >= 0.3 is 11.9 Å². The van der Waals surface area contributed by atoms with Gasteiger partial charge in [-0.2, -0.15) is 0 Å². The van der Waals surface area contributed by atoms with E-state index in [1.54, 1.807) is 0 Å². The standard InChI is InChI=1S/C10H18O5/c1-3-5-7(4-2)15-6-8(9(11)12)10(13)14/h7-8H,3-6H2,1-2H3,(H,11,12)(H,13,14). The van der Waals surface area contributed by atoms with Gasteiger partial charge in [-0.1, -0.05) is 20.3 Å². The van der Waals surface area contributed by atoms with Gasteiger partial charge in [0.05, 0.1) is 12.7 Å². The van der Waals surface area contributed by atoms with E-state index in [0.29, 0.717) is 0 Å². The first-order valence-electron chi connectivity index (χ1n) is 5.10. The number of carbonyl (C=O) groups is 2. The molecule has 0 bridgehead atoms. The second kappa shape index (κ2) is 7.23. The third kappa shape index (κ3) is 5.37. The summed E-state index contributed by atoms with van der Waals surface area (Å²) in [6, 6.07) is 0. The average Bonchev–Trinajstić information content (AvgIpc) is 2.15. The molecular formula is C10H18O5. The molecule has 0 aliphatic rings. The van der Waals surface area contributed by atoms with E-state index in [0.717, 1.165) is 19.3 Å². The zero-order valence-corrected chi connectivity index (χ0v) is 9.10. The second-order valence-electron chi connectivity index (χ2n) is 3.38. The summed E-state index contributed by atoms with van der Waals surface area (Å²) < 4.78 is 5.25. The molecule has 0 saturated carbocycles. The lowest BCUT2D eigenvalue weighted by molar-refractivity contribution is -0.158. The molecule has 1 unspecified atom stereocenters. The molecule has 0 fully saturated rings. The monoisotopic (exact) mass is 218 g/mol. The van der Waals surface area contributed by atoms with Crippen LogP contribution in [0.1, 0.15) is 33.1 Å². The van der Waals surface area contributed by atoms with E-state index in [1.807, 2.05) is 13.8 Å². The van der Waals surface area contributed by atoms with Crippen LogP contribution in [0.5, 0.6) is 0 Å². The highest BCUT2D eigenvalue weighted by Crippen LogP contribution is 2.09. The number of rotatable bonds is 8. The highest BCUT2D eigenvalue weighted by Gasteiger charge is 2.26. The molecule has 0 aliphatic carbocycles. The maximum atomic E-state index is 10.5. The van der Waals surface area contributed by atoms with Gasteiger partial charge in [0, 0.05) is 0 Å². The Bertz CT molecular complexity index is 200. The molecule has 5 heteroatoms. The summed E-state index contributed by atoms with van der Waals surface area (Å²) >= 11 is 0. The molecule has 1 atom stereocenters. The van der Waals surface area contributed by atoms with Crippen molar-refractivity contribution in [1.82, 2.24) is 0 Å². The minimum absolute atomic E-state index is 0.0452. The SMILES string of the molecule is CCCC(CC)OCC(C(=O)O)C(=O)O. The maximum absolute atomic E-state index is 10.5. The van der Waals surface area contributed by atoms with Gasteiger partial charge in [0.1, 0.15) is 0 Å². The highest BCUT2D eigenvalue weighted by molar-refractivity contribution is 5.92. The minimum Gasteiger partial charge on any atom is -0.481 e. The van der Waals surface area contributed by atoms with Crippen LogP contribution in [0.3, 0.4) is 0 Å². The third-order valence-corrected chi connectivity index (χ3v) is 2.16. The molecule has 2 N–H and O–H groups in total. The van der Waals surface area contributed by atoms with E-state index >= 15 is 0 Å². The third-order valence-electron chi connectivity index (χ3n) is 2.16. The molecule has 0 aromatic heterocycles. The Balaban J connectivity index is 4.08. The Morgan fingerprint density at radius 2 is 1.73 bits per heavy atom. The van der Waals surface area contributed by atoms with Crippen molar-refractivity contribution in [3.8, 4) is 0 Å². The number of aliphatic carboxylic acids is 2. The normalized spacial score (nSPS) is 12.7. The van der Waals surface area contributed by atoms with Gasteiger partial charge < -0.3 is 14.9 Å². The van der Waals surface area contributed by atoms with E-state index in [9.17, 15) is 9.59 Å². The van der Waals surface area contributed by atoms with Gasteiger partial charge in [0.2, 0.25) is 0 Å². The Morgan fingerprint density at radius 1 is 1.20 bits per heavy atom. The van der Waals surface area contributed by atoms with Crippen molar-refractivity contribution < 1.29 is 24.5 Å². The summed E-state index contributed by atoms with van der Waals surface area (Å²) in [6.07, 6.45) is 2.47. The zero-order valence-electron chi connectivity index (χ0n) is 9.10. The van der Waals surface area contributed by atoms with Gasteiger partial charge in [-0.05, 0) is 12.8 Å². The van der Waals surface area contributed by atoms with Gasteiger partial charge in [-0.3, -0.25) is 9.59 Å². The summed E-state index contributed by atoms with van der Waals surface area (Å²) in [5.74, 6) is -4.17. The predicted octanol–water partition coefficient (Wildman–Crippen LogP) is 1.37. The molecule has 0 heterocycles. The smallest absolute Gasteiger partial charge is 0.320 e. The second-order valence-corrected chi connectivity index (χ2v) is 3.38. The largest absolute Gasteiger partial charge is 0.481 e. The molecule has 0 saturated heterocycles. The highest BCUT2D eigenvalue weighted by atomic mass is 16.5. The van der Waals surface area contributed by atoms with Crippen molar-refractivity contribution in [2.45, 2.75) is 39.2 Å². The van der Waals surface area contributed by atoms with Crippen LogP contribution in [0.2, 0.25) is 0 Å². The predicted molar refractivity (Wildman–Crippen MR) is 53.7 cm³/mol. The molecule has 0 aliphatic heterocycles. The molecule has 0 spiro atoms. The summed E-state index contributed by atoms with van der Waals surface area (Å²) in [6.45, 7) is 3.66. The number of ether oxygens (including phenoxy) is 1. The van der Waals surface area contributed by atoms with Gasteiger partial charge in [-0.25, -0.2) is 0 Å². The van der Waals surface area contributed by atoms with Crippen molar-refractivity contribution in [3.05, 3.63) is 0 Å². The van der Waals surface area contributed by atoms with E-state index in [1.165, 1.54) is 0 Å². The van der Waals surface area contributed by atoms with Crippen molar-refractivity contribution in [2.24, 2.45) is 5.92 Å². The van der Waals surface area contributed by atoms with Gasteiger partial charge in [0.25, 0.3) is 0 Å². The Morgan fingerprint density at radius 3 is 2.07 bits per heavy atom. The van der Waals surface area contributed by atoms with Gasteiger partial charge in [0.15, 0.2) is 5.92 Å². The average molecular weight is 218 g/mol. The van der Waals surface area contributed by atoms with Crippen molar-refractivity contribution >= 4 is 11.9 Å².